The van der Waals surface area contributed by atoms with Gasteiger partial charge in [0.05, 0.1) is 6.04 Å². The maximum absolute atomic E-state index is 13.5. The van der Waals surface area contributed by atoms with E-state index in [1.807, 2.05) is 38.1 Å². The molecule has 2 amide bonds. The van der Waals surface area contributed by atoms with Crippen LogP contribution >= 0.6 is 0 Å². The number of carbonyl (C=O) groups excluding carboxylic acids is 2. The number of rotatable bonds is 2. The summed E-state index contributed by atoms with van der Waals surface area (Å²) in [6, 6.07) is 12.0. The molecule has 0 aliphatic heterocycles. The van der Waals surface area contributed by atoms with Gasteiger partial charge in [-0.1, -0.05) is 44.2 Å². The Hall–Kier alpha value is -2.69. The molecule has 0 heterocycles. The maximum atomic E-state index is 13.5. The molecule has 1 unspecified atom stereocenters. The molecule has 25 heavy (non-hydrogen) atoms. The van der Waals surface area contributed by atoms with Crippen LogP contribution < -0.4 is 10.6 Å². The molecule has 0 saturated carbocycles. The van der Waals surface area contributed by atoms with Crippen LogP contribution in [-0.4, -0.2) is 11.8 Å². The standard InChI is InChI=1S/C18H17FN2O2.C2H6/c1-11-6-8-13(10-15(11)19)20-17(22)18(23)21-16-9-7-12-4-2-3-5-14(12)16;1-2/h2-6,8,10,16H,7,9H2,1H3,(H,20,22)(H,21,23);1-2H3. The summed E-state index contributed by atoms with van der Waals surface area (Å²) in [6.45, 7) is 5.63. The molecule has 0 saturated heterocycles. The van der Waals surface area contributed by atoms with E-state index in [0.29, 0.717) is 5.56 Å². The van der Waals surface area contributed by atoms with Gasteiger partial charge in [0.15, 0.2) is 0 Å². The SMILES string of the molecule is CC.Cc1ccc(NC(=O)C(=O)NC2CCc3ccccc32)cc1F. The summed E-state index contributed by atoms with van der Waals surface area (Å²) in [7, 11) is 0. The van der Waals surface area contributed by atoms with Crippen LogP contribution in [0.25, 0.3) is 0 Å². The van der Waals surface area contributed by atoms with Crippen LogP contribution in [0.3, 0.4) is 0 Å². The fourth-order valence-electron chi connectivity index (χ4n) is 2.79. The smallest absolute Gasteiger partial charge is 0.313 e. The number of fused-ring (bicyclic) bond motifs is 1. The molecule has 132 valence electrons. The number of carbonyl (C=O) groups is 2. The molecular weight excluding hydrogens is 319 g/mol. The van der Waals surface area contributed by atoms with Crippen LogP contribution in [0.2, 0.25) is 0 Å². The van der Waals surface area contributed by atoms with Gasteiger partial charge in [-0.05, 0) is 48.6 Å². The van der Waals surface area contributed by atoms with E-state index in [0.717, 1.165) is 18.4 Å². The van der Waals surface area contributed by atoms with Crippen molar-refractivity contribution >= 4 is 17.5 Å². The Bertz CT molecular complexity index is 774. The number of halogens is 1. The van der Waals surface area contributed by atoms with E-state index in [1.54, 1.807) is 19.1 Å². The summed E-state index contributed by atoms with van der Waals surface area (Å²) in [6.07, 6.45) is 1.66. The first-order chi connectivity index (χ1) is 12.0. The third-order valence-corrected chi connectivity index (χ3v) is 4.07. The summed E-state index contributed by atoms with van der Waals surface area (Å²) in [5.41, 5.74) is 2.99. The van der Waals surface area contributed by atoms with Gasteiger partial charge in [0, 0.05) is 5.69 Å². The third-order valence-electron chi connectivity index (χ3n) is 4.07. The lowest BCUT2D eigenvalue weighted by atomic mass is 10.1. The topological polar surface area (TPSA) is 58.2 Å². The van der Waals surface area contributed by atoms with E-state index in [9.17, 15) is 14.0 Å². The van der Waals surface area contributed by atoms with Crippen LogP contribution in [0.1, 0.15) is 43.0 Å². The van der Waals surface area contributed by atoms with Gasteiger partial charge in [0.25, 0.3) is 0 Å². The Morgan fingerprint density at radius 1 is 1.08 bits per heavy atom. The average Bonchev–Trinajstić information content (AvgIpc) is 3.03. The molecular formula is C20H23FN2O2. The van der Waals surface area contributed by atoms with Crippen LogP contribution in [0, 0.1) is 12.7 Å². The molecule has 0 aromatic heterocycles. The summed E-state index contributed by atoms with van der Waals surface area (Å²) >= 11 is 0. The number of hydrogen-bond acceptors (Lipinski definition) is 2. The summed E-state index contributed by atoms with van der Waals surface area (Å²) in [5, 5.41) is 5.15. The zero-order valence-electron chi connectivity index (χ0n) is 14.7. The van der Waals surface area contributed by atoms with Crippen LogP contribution in [0.5, 0.6) is 0 Å². The highest BCUT2D eigenvalue weighted by molar-refractivity contribution is 6.39. The molecule has 2 aromatic carbocycles. The first-order valence-electron chi connectivity index (χ1n) is 8.50. The van der Waals surface area contributed by atoms with Crippen molar-refractivity contribution in [1.29, 1.82) is 0 Å². The van der Waals surface area contributed by atoms with Crippen molar-refractivity contribution in [3.8, 4) is 0 Å². The lowest BCUT2D eigenvalue weighted by molar-refractivity contribution is -0.136. The second-order valence-electron chi connectivity index (χ2n) is 5.68. The molecule has 5 heteroatoms. The van der Waals surface area contributed by atoms with Gasteiger partial charge in [0.1, 0.15) is 5.82 Å². The Labute approximate surface area is 147 Å². The lowest BCUT2D eigenvalue weighted by Crippen LogP contribution is -2.37. The summed E-state index contributed by atoms with van der Waals surface area (Å²) < 4.78 is 13.5. The van der Waals surface area contributed by atoms with Crippen molar-refractivity contribution in [3.05, 3.63) is 65.0 Å². The zero-order valence-corrected chi connectivity index (χ0v) is 14.7. The zero-order chi connectivity index (χ0) is 18.4. The van der Waals surface area contributed by atoms with E-state index in [-0.39, 0.29) is 11.7 Å². The van der Waals surface area contributed by atoms with E-state index < -0.39 is 17.6 Å². The van der Waals surface area contributed by atoms with Gasteiger partial charge in [-0.25, -0.2) is 4.39 Å². The van der Waals surface area contributed by atoms with Crippen molar-refractivity contribution in [2.24, 2.45) is 0 Å². The lowest BCUT2D eigenvalue weighted by Gasteiger charge is -2.14. The molecule has 0 spiro atoms. The molecule has 4 nitrogen and oxygen atoms in total. The summed E-state index contributed by atoms with van der Waals surface area (Å²) in [4.78, 5) is 24.0. The molecule has 2 aromatic rings. The third kappa shape index (κ3) is 4.44. The maximum Gasteiger partial charge on any atom is 0.313 e. The number of hydrogen-bond donors (Lipinski definition) is 2. The second-order valence-corrected chi connectivity index (χ2v) is 5.68. The van der Waals surface area contributed by atoms with Gasteiger partial charge < -0.3 is 10.6 Å². The minimum absolute atomic E-state index is 0.154. The largest absolute Gasteiger partial charge is 0.341 e. The highest BCUT2D eigenvalue weighted by Gasteiger charge is 2.25. The molecule has 2 N–H and O–H groups in total. The predicted octanol–water partition coefficient (Wildman–Crippen LogP) is 3.90. The Kier molecular flexibility index (Phi) is 6.28. The second kappa shape index (κ2) is 8.42. The first kappa shape index (κ1) is 18.6. The first-order valence-corrected chi connectivity index (χ1v) is 8.50. The van der Waals surface area contributed by atoms with Crippen molar-refractivity contribution in [3.63, 3.8) is 0 Å². The number of benzene rings is 2. The van der Waals surface area contributed by atoms with E-state index in [1.165, 1.54) is 11.6 Å². The Balaban J connectivity index is 0.00000109. The number of anilines is 1. The highest BCUT2D eigenvalue weighted by Crippen LogP contribution is 2.30. The average molecular weight is 342 g/mol. The summed E-state index contributed by atoms with van der Waals surface area (Å²) in [5.74, 6) is -1.93. The molecule has 1 aliphatic rings. The molecule has 1 atom stereocenters. The fourth-order valence-corrected chi connectivity index (χ4v) is 2.79. The van der Waals surface area contributed by atoms with Gasteiger partial charge in [-0.15, -0.1) is 0 Å². The molecule has 0 bridgehead atoms. The quantitative estimate of drug-likeness (QED) is 0.813. The van der Waals surface area contributed by atoms with E-state index in [2.05, 4.69) is 10.6 Å². The molecule has 1 aliphatic carbocycles. The number of nitrogens with one attached hydrogen (secondary N) is 2. The predicted molar refractivity (Wildman–Crippen MR) is 96.8 cm³/mol. The van der Waals surface area contributed by atoms with E-state index >= 15 is 0 Å². The van der Waals surface area contributed by atoms with Gasteiger partial charge >= 0.3 is 11.8 Å². The molecule has 0 fully saturated rings. The van der Waals surface area contributed by atoms with Gasteiger partial charge in [-0.3, -0.25) is 9.59 Å². The van der Waals surface area contributed by atoms with E-state index in [4.69, 9.17) is 0 Å². The van der Waals surface area contributed by atoms with Crippen molar-refractivity contribution in [1.82, 2.24) is 5.32 Å². The Morgan fingerprint density at radius 3 is 2.52 bits per heavy atom. The minimum Gasteiger partial charge on any atom is -0.341 e. The van der Waals surface area contributed by atoms with Crippen LogP contribution in [0.4, 0.5) is 10.1 Å². The number of amides is 2. The monoisotopic (exact) mass is 342 g/mol. The van der Waals surface area contributed by atoms with Gasteiger partial charge in [-0.2, -0.15) is 0 Å². The number of aryl methyl sites for hydroxylation is 2. The molecule has 0 radical (unpaired) electrons. The van der Waals surface area contributed by atoms with Crippen molar-refractivity contribution in [2.75, 3.05) is 5.32 Å². The molecule has 3 rings (SSSR count). The highest BCUT2D eigenvalue weighted by atomic mass is 19.1. The van der Waals surface area contributed by atoms with Crippen molar-refractivity contribution < 1.29 is 14.0 Å². The van der Waals surface area contributed by atoms with Crippen LogP contribution in [0.15, 0.2) is 42.5 Å². The fraction of sp³-hybridized carbons (Fsp3) is 0.300. The normalized spacial score (nSPS) is 14.8. The Morgan fingerprint density at radius 2 is 1.80 bits per heavy atom. The van der Waals surface area contributed by atoms with Crippen molar-refractivity contribution in [2.45, 2.75) is 39.7 Å². The van der Waals surface area contributed by atoms with Gasteiger partial charge in [0.2, 0.25) is 0 Å². The minimum atomic E-state index is -0.794. The van der Waals surface area contributed by atoms with Crippen LogP contribution in [-0.2, 0) is 16.0 Å².